The first-order valence-corrected chi connectivity index (χ1v) is 10.4. The number of nitrogens with zero attached hydrogens (tertiary/aromatic N) is 1. The number of nitrogens with one attached hydrogen (secondary N) is 2. The van der Waals surface area contributed by atoms with Crippen molar-refractivity contribution in [2.75, 3.05) is 31.3 Å². The monoisotopic (exact) mass is 395 g/mol. The van der Waals surface area contributed by atoms with Crippen LogP contribution in [0, 0.1) is 13.8 Å². The number of aromatic nitrogens is 2. The lowest BCUT2D eigenvalue weighted by Gasteiger charge is -2.16. The molecule has 0 aliphatic heterocycles. The molecule has 0 amide bonds. The van der Waals surface area contributed by atoms with Gasteiger partial charge in [0, 0.05) is 37.7 Å². The standard InChI is InChI=1S/C18H25N3O5S/c1-6-26-10-9-19-16-11(2)13(7-8-14(16)27(5,24)25)17(22)15-12(3)20-21(4)18(15)23/h7-8,19-20H,6,9-10H2,1-5H3. The van der Waals surface area contributed by atoms with Crippen LogP contribution in [0.15, 0.2) is 21.8 Å². The lowest BCUT2D eigenvalue weighted by atomic mass is 9.98. The van der Waals surface area contributed by atoms with Crippen molar-refractivity contribution in [2.45, 2.75) is 25.7 Å². The van der Waals surface area contributed by atoms with E-state index < -0.39 is 21.2 Å². The summed E-state index contributed by atoms with van der Waals surface area (Å²) < 4.78 is 30.8. The van der Waals surface area contributed by atoms with Crippen LogP contribution >= 0.6 is 0 Å². The molecule has 8 nitrogen and oxygen atoms in total. The van der Waals surface area contributed by atoms with E-state index in [-0.39, 0.29) is 16.0 Å². The van der Waals surface area contributed by atoms with Gasteiger partial charge in [-0.05, 0) is 38.5 Å². The molecule has 2 aromatic rings. The Morgan fingerprint density at radius 2 is 1.96 bits per heavy atom. The molecule has 2 N–H and O–H groups in total. The van der Waals surface area contributed by atoms with Crippen LogP contribution in [0.2, 0.25) is 0 Å². The number of benzene rings is 1. The summed E-state index contributed by atoms with van der Waals surface area (Å²) in [5.41, 5.74) is 1.20. The summed E-state index contributed by atoms with van der Waals surface area (Å²) in [6.07, 6.45) is 1.11. The molecule has 148 valence electrons. The predicted octanol–water partition coefficient (Wildman–Crippen LogP) is 1.41. The van der Waals surface area contributed by atoms with Gasteiger partial charge in [-0.3, -0.25) is 19.4 Å². The zero-order valence-corrected chi connectivity index (χ0v) is 17.0. The molecule has 0 atom stereocenters. The number of aryl methyl sites for hydroxylation is 2. The molecule has 0 aliphatic carbocycles. The molecule has 1 heterocycles. The van der Waals surface area contributed by atoms with E-state index in [1.807, 2.05) is 6.92 Å². The number of aromatic amines is 1. The van der Waals surface area contributed by atoms with Crippen molar-refractivity contribution in [3.63, 3.8) is 0 Å². The van der Waals surface area contributed by atoms with Gasteiger partial charge in [-0.1, -0.05) is 0 Å². The van der Waals surface area contributed by atoms with E-state index >= 15 is 0 Å². The molecule has 0 saturated carbocycles. The first-order valence-electron chi connectivity index (χ1n) is 8.55. The molecule has 0 bridgehead atoms. The van der Waals surface area contributed by atoms with E-state index in [1.165, 1.54) is 23.9 Å². The van der Waals surface area contributed by atoms with Crippen molar-refractivity contribution in [2.24, 2.45) is 7.05 Å². The van der Waals surface area contributed by atoms with Crippen molar-refractivity contribution < 1.29 is 17.9 Å². The Bertz CT molecular complexity index is 1020. The van der Waals surface area contributed by atoms with Gasteiger partial charge in [0.25, 0.3) is 5.56 Å². The SMILES string of the molecule is CCOCCNc1c(S(C)(=O)=O)ccc(C(=O)c2c(C)[nH]n(C)c2=O)c1C. The van der Waals surface area contributed by atoms with Gasteiger partial charge in [-0.25, -0.2) is 8.42 Å². The summed E-state index contributed by atoms with van der Waals surface area (Å²) >= 11 is 0. The number of carbonyl (C=O) groups is 1. The van der Waals surface area contributed by atoms with Gasteiger partial charge in [0.15, 0.2) is 9.84 Å². The van der Waals surface area contributed by atoms with Gasteiger partial charge >= 0.3 is 0 Å². The average Bonchev–Trinajstić information content (AvgIpc) is 2.83. The Morgan fingerprint density at radius 3 is 2.48 bits per heavy atom. The third-order valence-corrected chi connectivity index (χ3v) is 5.42. The van der Waals surface area contributed by atoms with Crippen molar-refractivity contribution in [1.82, 2.24) is 9.78 Å². The number of H-pyrrole nitrogens is 1. The van der Waals surface area contributed by atoms with Crippen molar-refractivity contribution >= 4 is 21.3 Å². The van der Waals surface area contributed by atoms with Crippen LogP contribution in [-0.2, 0) is 21.6 Å². The number of sulfone groups is 1. The number of ketones is 1. The van der Waals surface area contributed by atoms with Gasteiger partial charge in [0.1, 0.15) is 5.56 Å². The highest BCUT2D eigenvalue weighted by atomic mass is 32.2. The van der Waals surface area contributed by atoms with Gasteiger partial charge < -0.3 is 10.1 Å². The van der Waals surface area contributed by atoms with E-state index in [4.69, 9.17) is 4.74 Å². The summed E-state index contributed by atoms with van der Waals surface area (Å²) in [5.74, 6) is -0.445. The Morgan fingerprint density at radius 1 is 1.30 bits per heavy atom. The smallest absolute Gasteiger partial charge is 0.277 e. The third kappa shape index (κ3) is 4.30. The molecule has 0 aliphatic rings. The first-order chi connectivity index (χ1) is 12.6. The zero-order valence-electron chi connectivity index (χ0n) is 16.2. The van der Waals surface area contributed by atoms with Crippen molar-refractivity contribution in [3.8, 4) is 0 Å². The molecule has 9 heteroatoms. The second-order valence-electron chi connectivity index (χ2n) is 6.31. The summed E-state index contributed by atoms with van der Waals surface area (Å²) in [6.45, 7) is 6.52. The Labute approximate surface area is 158 Å². The number of hydrogen-bond acceptors (Lipinski definition) is 6. The van der Waals surface area contributed by atoms with Crippen LogP contribution in [0.25, 0.3) is 0 Å². The fourth-order valence-electron chi connectivity index (χ4n) is 2.94. The number of carbonyl (C=O) groups excluding carboxylic acids is 1. The minimum Gasteiger partial charge on any atom is -0.381 e. The molecule has 1 aromatic carbocycles. The molecule has 0 spiro atoms. The summed E-state index contributed by atoms with van der Waals surface area (Å²) in [6, 6.07) is 2.85. The van der Waals surface area contributed by atoms with Crippen LogP contribution in [0.4, 0.5) is 5.69 Å². The molecular weight excluding hydrogens is 370 g/mol. The Balaban J connectivity index is 2.55. The molecule has 0 unspecified atom stereocenters. The Hall–Kier alpha value is -2.39. The lowest BCUT2D eigenvalue weighted by molar-refractivity contribution is 0.103. The summed E-state index contributed by atoms with van der Waals surface area (Å²) in [5, 5.41) is 5.86. The van der Waals surface area contributed by atoms with Crippen molar-refractivity contribution in [1.29, 1.82) is 0 Å². The maximum absolute atomic E-state index is 13.0. The summed E-state index contributed by atoms with van der Waals surface area (Å²) in [4.78, 5) is 25.3. The van der Waals surface area contributed by atoms with Gasteiger partial charge in [-0.2, -0.15) is 0 Å². The second-order valence-corrected chi connectivity index (χ2v) is 8.30. The first kappa shape index (κ1) is 20.9. The molecule has 0 saturated heterocycles. The van der Waals surface area contributed by atoms with Gasteiger partial charge in [0.05, 0.1) is 17.2 Å². The fourth-order valence-corrected chi connectivity index (χ4v) is 3.85. The van der Waals surface area contributed by atoms with Crippen LogP contribution in [0.5, 0.6) is 0 Å². The summed E-state index contributed by atoms with van der Waals surface area (Å²) in [7, 11) is -1.97. The zero-order chi connectivity index (χ0) is 20.4. The highest BCUT2D eigenvalue weighted by Gasteiger charge is 2.24. The largest absolute Gasteiger partial charge is 0.381 e. The van der Waals surface area contributed by atoms with E-state index in [9.17, 15) is 18.0 Å². The normalized spacial score (nSPS) is 11.6. The molecule has 0 fully saturated rings. The number of anilines is 1. The van der Waals surface area contributed by atoms with Crippen molar-refractivity contribution in [3.05, 3.63) is 44.9 Å². The molecular formula is C18H25N3O5S. The van der Waals surface area contributed by atoms with Crippen LogP contribution in [-0.4, -0.2) is 50.0 Å². The minimum atomic E-state index is -3.50. The Kier molecular flexibility index (Phi) is 6.27. The maximum Gasteiger partial charge on any atom is 0.277 e. The average molecular weight is 395 g/mol. The van der Waals surface area contributed by atoms with E-state index in [0.29, 0.717) is 36.7 Å². The topological polar surface area (TPSA) is 110 Å². The third-order valence-electron chi connectivity index (χ3n) is 4.28. The van der Waals surface area contributed by atoms with Gasteiger partial charge in [0.2, 0.25) is 5.78 Å². The molecule has 1 aromatic heterocycles. The molecule has 2 rings (SSSR count). The van der Waals surface area contributed by atoms with E-state index in [2.05, 4.69) is 10.4 Å². The van der Waals surface area contributed by atoms with Crippen LogP contribution in [0.1, 0.15) is 34.1 Å². The molecule has 0 radical (unpaired) electrons. The highest BCUT2D eigenvalue weighted by molar-refractivity contribution is 7.90. The fraction of sp³-hybridized carbons (Fsp3) is 0.444. The number of hydrogen-bond donors (Lipinski definition) is 2. The minimum absolute atomic E-state index is 0.0490. The second kappa shape index (κ2) is 8.10. The lowest BCUT2D eigenvalue weighted by Crippen LogP contribution is -2.21. The maximum atomic E-state index is 13.0. The molecule has 27 heavy (non-hydrogen) atoms. The van der Waals surface area contributed by atoms with Gasteiger partial charge in [-0.15, -0.1) is 0 Å². The highest BCUT2D eigenvalue weighted by Crippen LogP contribution is 2.29. The quantitative estimate of drug-likeness (QED) is 0.517. The van der Waals surface area contributed by atoms with E-state index in [1.54, 1.807) is 13.8 Å². The predicted molar refractivity (Wildman–Crippen MR) is 103 cm³/mol. The number of rotatable bonds is 8. The van der Waals surface area contributed by atoms with Crippen LogP contribution < -0.4 is 10.9 Å². The van der Waals surface area contributed by atoms with Crippen LogP contribution in [0.3, 0.4) is 0 Å². The number of ether oxygens (including phenoxy) is 1. The van der Waals surface area contributed by atoms with E-state index in [0.717, 1.165) is 6.26 Å².